The first-order chi connectivity index (χ1) is 10.7. The van der Waals surface area contributed by atoms with E-state index in [1.54, 1.807) is 0 Å². The molecule has 0 aliphatic heterocycles. The first-order valence-corrected chi connectivity index (χ1v) is 6.76. The standard InChI is InChI=1S/C13H15N3O6S/c14-10(23)4-2-8(12(20)21)16-13(22)15-6-1-3-9(17)7(5-6)11(18)19/h1,3,5,8,17H,2,4H2,(H2,14,23)(H,18,19)(H,20,21)(H2,15,16,22). The normalized spacial score (nSPS) is 11.3. The Balaban J connectivity index is 2.74. The molecule has 0 heterocycles. The van der Waals surface area contributed by atoms with E-state index in [9.17, 15) is 19.5 Å². The van der Waals surface area contributed by atoms with Gasteiger partial charge in [0.2, 0.25) is 0 Å². The van der Waals surface area contributed by atoms with Crippen LogP contribution in [0.3, 0.4) is 0 Å². The number of hydrogen-bond donors (Lipinski definition) is 6. The van der Waals surface area contributed by atoms with E-state index in [2.05, 4.69) is 22.9 Å². The molecular weight excluding hydrogens is 326 g/mol. The zero-order chi connectivity index (χ0) is 17.6. The van der Waals surface area contributed by atoms with E-state index in [0.29, 0.717) is 0 Å². The molecule has 1 aromatic carbocycles. The van der Waals surface area contributed by atoms with E-state index >= 15 is 0 Å². The van der Waals surface area contributed by atoms with Gasteiger partial charge < -0.3 is 31.7 Å². The summed E-state index contributed by atoms with van der Waals surface area (Å²) < 4.78 is 0. The van der Waals surface area contributed by atoms with E-state index in [4.69, 9.17) is 15.9 Å². The maximum absolute atomic E-state index is 11.8. The topological polar surface area (TPSA) is 162 Å². The second-order valence-corrected chi connectivity index (χ2v) is 5.06. The summed E-state index contributed by atoms with van der Waals surface area (Å²) in [5.74, 6) is -3.08. The second kappa shape index (κ2) is 7.94. The van der Waals surface area contributed by atoms with Gasteiger partial charge in [-0.15, -0.1) is 0 Å². The van der Waals surface area contributed by atoms with Crippen molar-refractivity contribution in [2.24, 2.45) is 5.73 Å². The van der Waals surface area contributed by atoms with Crippen LogP contribution in [0.15, 0.2) is 18.2 Å². The Labute approximate surface area is 136 Å². The summed E-state index contributed by atoms with van der Waals surface area (Å²) in [7, 11) is 0. The van der Waals surface area contributed by atoms with Crippen LogP contribution >= 0.6 is 12.2 Å². The number of nitrogens with two attached hydrogens (primary N) is 1. The van der Waals surface area contributed by atoms with Gasteiger partial charge in [0, 0.05) is 12.1 Å². The summed E-state index contributed by atoms with van der Waals surface area (Å²) in [6.45, 7) is 0. The molecule has 0 aliphatic rings. The minimum atomic E-state index is -1.37. The van der Waals surface area contributed by atoms with Crippen molar-refractivity contribution >= 4 is 40.9 Å². The number of carboxylic acid groups (broad SMARTS) is 2. The SMILES string of the molecule is NC(=S)CCC(NC(=O)Nc1ccc(O)c(C(=O)O)c1)C(=O)O. The molecule has 0 aliphatic carbocycles. The van der Waals surface area contributed by atoms with Crippen LogP contribution in [0.25, 0.3) is 0 Å². The maximum Gasteiger partial charge on any atom is 0.339 e. The first-order valence-electron chi connectivity index (χ1n) is 6.35. The summed E-state index contributed by atoms with van der Waals surface area (Å²) in [5, 5.41) is 31.8. The van der Waals surface area contributed by atoms with Crippen molar-refractivity contribution in [3.05, 3.63) is 23.8 Å². The highest BCUT2D eigenvalue weighted by molar-refractivity contribution is 7.80. The molecule has 0 aromatic heterocycles. The zero-order valence-corrected chi connectivity index (χ0v) is 12.6. The monoisotopic (exact) mass is 341 g/mol. The van der Waals surface area contributed by atoms with E-state index in [1.807, 2.05) is 0 Å². The molecule has 1 rings (SSSR count). The van der Waals surface area contributed by atoms with Crippen LogP contribution in [0.4, 0.5) is 10.5 Å². The number of anilines is 1. The van der Waals surface area contributed by atoms with E-state index in [-0.39, 0.29) is 23.5 Å². The zero-order valence-electron chi connectivity index (χ0n) is 11.8. The number of benzene rings is 1. The third kappa shape index (κ3) is 5.79. The molecule has 23 heavy (non-hydrogen) atoms. The Morgan fingerprint density at radius 3 is 2.43 bits per heavy atom. The summed E-state index contributed by atoms with van der Waals surface area (Å²) in [6.07, 6.45) is 0.170. The Kier molecular flexibility index (Phi) is 6.27. The number of carboxylic acids is 2. The molecule has 124 valence electrons. The van der Waals surface area contributed by atoms with Gasteiger partial charge in [-0.1, -0.05) is 12.2 Å². The number of nitrogens with one attached hydrogen (secondary N) is 2. The highest BCUT2D eigenvalue weighted by Gasteiger charge is 2.20. The molecule has 2 amide bonds. The molecule has 0 bridgehead atoms. The number of carbonyl (C=O) groups excluding carboxylic acids is 1. The predicted molar refractivity (Wildman–Crippen MR) is 84.7 cm³/mol. The van der Waals surface area contributed by atoms with Gasteiger partial charge >= 0.3 is 18.0 Å². The van der Waals surface area contributed by atoms with Crippen LogP contribution in [0.2, 0.25) is 0 Å². The molecule has 7 N–H and O–H groups in total. The summed E-state index contributed by atoms with van der Waals surface area (Å²) in [6, 6.07) is 1.37. The number of carbonyl (C=O) groups is 3. The lowest BCUT2D eigenvalue weighted by Gasteiger charge is -2.15. The van der Waals surface area contributed by atoms with Crippen LogP contribution in [0.1, 0.15) is 23.2 Å². The number of aromatic hydroxyl groups is 1. The van der Waals surface area contributed by atoms with Gasteiger partial charge in [0.25, 0.3) is 0 Å². The molecule has 1 aromatic rings. The number of hydrogen-bond acceptors (Lipinski definition) is 5. The number of aliphatic carboxylic acids is 1. The maximum atomic E-state index is 11.8. The number of aromatic carboxylic acids is 1. The molecule has 0 radical (unpaired) electrons. The summed E-state index contributed by atoms with van der Waals surface area (Å²) >= 11 is 4.65. The minimum Gasteiger partial charge on any atom is -0.507 e. The Morgan fingerprint density at radius 2 is 1.91 bits per heavy atom. The first kappa shape index (κ1) is 18.2. The lowest BCUT2D eigenvalue weighted by molar-refractivity contribution is -0.139. The third-order valence-electron chi connectivity index (χ3n) is 2.77. The van der Waals surface area contributed by atoms with Gasteiger partial charge in [0.05, 0.1) is 4.99 Å². The van der Waals surface area contributed by atoms with Gasteiger partial charge in [0.15, 0.2) is 0 Å². The van der Waals surface area contributed by atoms with Gasteiger partial charge in [0.1, 0.15) is 17.4 Å². The van der Waals surface area contributed by atoms with Gasteiger partial charge in [-0.25, -0.2) is 14.4 Å². The lowest BCUT2D eigenvalue weighted by Crippen LogP contribution is -2.43. The van der Waals surface area contributed by atoms with Gasteiger partial charge in [-0.05, 0) is 24.6 Å². The highest BCUT2D eigenvalue weighted by atomic mass is 32.1. The van der Waals surface area contributed by atoms with Crippen molar-refractivity contribution in [1.82, 2.24) is 5.32 Å². The number of urea groups is 1. The highest BCUT2D eigenvalue weighted by Crippen LogP contribution is 2.21. The number of thiocarbonyl (C=S) groups is 1. The lowest BCUT2D eigenvalue weighted by atomic mass is 10.1. The molecule has 0 saturated heterocycles. The third-order valence-corrected chi connectivity index (χ3v) is 2.97. The Morgan fingerprint density at radius 1 is 1.26 bits per heavy atom. The van der Waals surface area contributed by atoms with Gasteiger partial charge in [-0.3, -0.25) is 0 Å². The molecule has 1 atom stereocenters. The summed E-state index contributed by atoms with van der Waals surface area (Å²) in [4.78, 5) is 33.8. The van der Waals surface area contributed by atoms with Crippen LogP contribution in [0.5, 0.6) is 5.75 Å². The molecule has 1 unspecified atom stereocenters. The van der Waals surface area contributed by atoms with Crippen molar-refractivity contribution in [1.29, 1.82) is 0 Å². The second-order valence-electron chi connectivity index (χ2n) is 4.53. The van der Waals surface area contributed by atoms with E-state index in [0.717, 1.165) is 12.1 Å². The molecule has 0 saturated carbocycles. The van der Waals surface area contributed by atoms with Crippen molar-refractivity contribution in [2.45, 2.75) is 18.9 Å². The van der Waals surface area contributed by atoms with Crippen molar-refractivity contribution in [3.63, 3.8) is 0 Å². The summed E-state index contributed by atoms with van der Waals surface area (Å²) in [5.41, 5.74) is 4.97. The number of phenols is 1. The van der Waals surface area contributed by atoms with Gasteiger partial charge in [-0.2, -0.15) is 0 Å². The van der Waals surface area contributed by atoms with Crippen LogP contribution in [-0.2, 0) is 4.79 Å². The molecule has 9 nitrogen and oxygen atoms in total. The minimum absolute atomic E-state index is 0.0219. The quantitative estimate of drug-likeness (QED) is 0.312. The van der Waals surface area contributed by atoms with E-state index in [1.165, 1.54) is 6.07 Å². The van der Waals surface area contributed by atoms with Crippen LogP contribution in [0, 0.1) is 0 Å². The molecule has 0 fully saturated rings. The largest absolute Gasteiger partial charge is 0.507 e. The fraction of sp³-hybridized carbons (Fsp3) is 0.231. The van der Waals surface area contributed by atoms with Crippen LogP contribution in [-0.4, -0.2) is 44.3 Å². The predicted octanol–water partition coefficient (Wildman–Crippen LogP) is 0.731. The number of rotatable bonds is 7. The molecular formula is C13H15N3O6S. The fourth-order valence-corrected chi connectivity index (χ4v) is 1.77. The van der Waals surface area contributed by atoms with Crippen LogP contribution < -0.4 is 16.4 Å². The molecule has 0 spiro atoms. The van der Waals surface area contributed by atoms with Crippen molar-refractivity contribution in [3.8, 4) is 5.75 Å². The average Bonchev–Trinajstić information content (AvgIpc) is 2.44. The average molecular weight is 341 g/mol. The van der Waals surface area contributed by atoms with Crippen molar-refractivity contribution in [2.75, 3.05) is 5.32 Å². The fourth-order valence-electron chi connectivity index (χ4n) is 1.65. The van der Waals surface area contributed by atoms with E-state index < -0.39 is 35.3 Å². The number of amides is 2. The Bertz CT molecular complexity index is 649. The van der Waals surface area contributed by atoms with Crippen molar-refractivity contribution < 1.29 is 29.7 Å². The Hall–Kier alpha value is -2.88. The smallest absolute Gasteiger partial charge is 0.339 e. The molecule has 10 heteroatoms.